The van der Waals surface area contributed by atoms with Gasteiger partial charge >= 0.3 is 11.9 Å². The summed E-state index contributed by atoms with van der Waals surface area (Å²) >= 11 is 0. The summed E-state index contributed by atoms with van der Waals surface area (Å²) in [5, 5.41) is 0. The van der Waals surface area contributed by atoms with E-state index in [0.29, 0.717) is 38.4 Å². The zero-order valence-electron chi connectivity index (χ0n) is 15.7. The Hall–Kier alpha value is -1.34. The molecule has 2 heterocycles. The van der Waals surface area contributed by atoms with Crippen molar-refractivity contribution in [1.29, 1.82) is 0 Å². The smallest absolute Gasteiger partial charge is 0.323 e. The van der Waals surface area contributed by atoms with Crippen LogP contribution >= 0.6 is 0 Å². The van der Waals surface area contributed by atoms with E-state index in [4.69, 9.17) is 14.2 Å². The Kier molecular flexibility index (Phi) is 6.63. The first-order chi connectivity index (χ1) is 12.9. The minimum absolute atomic E-state index is 0.0318. The van der Waals surface area contributed by atoms with Crippen LogP contribution in [0.4, 0.5) is 8.78 Å². The van der Waals surface area contributed by atoms with Crippen molar-refractivity contribution in [2.24, 2.45) is 11.8 Å². The molecule has 1 unspecified atom stereocenters. The normalized spacial score (nSPS) is 34.0. The van der Waals surface area contributed by atoms with Gasteiger partial charge in [-0.3, -0.25) is 9.59 Å². The molecule has 7 heteroatoms. The summed E-state index contributed by atoms with van der Waals surface area (Å²) in [5.74, 6) is -4.88. The van der Waals surface area contributed by atoms with Gasteiger partial charge in [-0.1, -0.05) is 13.0 Å². The van der Waals surface area contributed by atoms with Crippen LogP contribution in [-0.2, 0) is 23.8 Å². The molecule has 1 saturated carbocycles. The molecule has 0 bridgehead atoms. The lowest BCUT2D eigenvalue weighted by atomic mass is 9.89. The van der Waals surface area contributed by atoms with E-state index >= 15 is 0 Å². The summed E-state index contributed by atoms with van der Waals surface area (Å²) in [4.78, 5) is 23.2. The molecule has 3 aliphatic rings. The minimum atomic E-state index is -3.45. The third kappa shape index (κ3) is 4.93. The highest BCUT2D eigenvalue weighted by Crippen LogP contribution is 2.45. The molecule has 0 radical (unpaired) electrons. The number of hydrogen-bond donors (Lipinski definition) is 0. The number of esters is 1. The van der Waals surface area contributed by atoms with Crippen molar-refractivity contribution in [3.8, 4) is 0 Å². The lowest BCUT2D eigenvalue weighted by Gasteiger charge is -2.29. The number of hydrogen-bond acceptors (Lipinski definition) is 5. The fourth-order valence-electron chi connectivity index (χ4n) is 4.31. The van der Waals surface area contributed by atoms with Gasteiger partial charge < -0.3 is 14.2 Å². The van der Waals surface area contributed by atoms with Gasteiger partial charge in [-0.15, -0.1) is 0 Å². The van der Waals surface area contributed by atoms with Crippen LogP contribution in [0.5, 0.6) is 0 Å². The molecule has 1 aliphatic carbocycles. The Labute approximate surface area is 158 Å². The molecule has 0 aromatic rings. The molecule has 2 saturated heterocycles. The van der Waals surface area contributed by atoms with E-state index in [9.17, 15) is 18.4 Å². The zero-order chi connectivity index (χ0) is 19.4. The van der Waals surface area contributed by atoms with Crippen LogP contribution in [0, 0.1) is 11.8 Å². The maximum atomic E-state index is 13.9. The Balaban J connectivity index is 1.64. The summed E-state index contributed by atoms with van der Waals surface area (Å²) in [6.07, 6.45) is 5.68. The molecule has 3 rings (SSSR count). The van der Waals surface area contributed by atoms with Crippen LogP contribution < -0.4 is 0 Å². The van der Waals surface area contributed by atoms with Gasteiger partial charge in [0.1, 0.15) is 6.10 Å². The van der Waals surface area contributed by atoms with E-state index < -0.39 is 11.7 Å². The highest BCUT2D eigenvalue weighted by molar-refractivity contribution is 5.87. The zero-order valence-corrected chi connectivity index (χ0v) is 15.7. The van der Waals surface area contributed by atoms with Crippen molar-refractivity contribution in [1.82, 2.24) is 0 Å². The van der Waals surface area contributed by atoms with Gasteiger partial charge in [0.05, 0.1) is 12.5 Å². The van der Waals surface area contributed by atoms with E-state index in [1.165, 1.54) is 6.08 Å². The Morgan fingerprint density at radius 1 is 1.37 bits per heavy atom. The van der Waals surface area contributed by atoms with Gasteiger partial charge in [-0.05, 0) is 44.1 Å². The number of halogens is 2. The fraction of sp³-hybridized carbons (Fsp3) is 0.800. The predicted octanol–water partition coefficient (Wildman–Crippen LogP) is 3.80. The molecular weight excluding hydrogens is 358 g/mol. The van der Waals surface area contributed by atoms with E-state index in [1.54, 1.807) is 6.92 Å². The summed E-state index contributed by atoms with van der Waals surface area (Å²) in [6.45, 7) is 2.36. The van der Waals surface area contributed by atoms with Crippen LogP contribution in [0.25, 0.3) is 0 Å². The van der Waals surface area contributed by atoms with Gasteiger partial charge in [0.25, 0.3) is 0 Å². The number of Topliss-reactive ketones (excluding diaryl/α,β-unsaturated/α-hetero) is 1. The Morgan fingerprint density at radius 3 is 2.89 bits per heavy atom. The number of ketones is 1. The van der Waals surface area contributed by atoms with Crippen LogP contribution in [0.15, 0.2) is 12.2 Å². The van der Waals surface area contributed by atoms with Gasteiger partial charge in [0.2, 0.25) is 5.78 Å². The molecule has 27 heavy (non-hydrogen) atoms. The summed E-state index contributed by atoms with van der Waals surface area (Å²) in [5.41, 5.74) is 0. The molecule has 152 valence electrons. The number of alkyl halides is 2. The standard InChI is InChI=1S/C20H28F2O5/c1-2-6-17(23)20(21,22)9-5-7-13-14-11-18(24)26-16(14)12-15(13)27-19-8-3-4-10-25-19/h5,9,13-16,19H,2-4,6-8,10-12H2,1H3/b9-5+/t13-,14-,15-,16+,19?/m1/s1. The number of rotatable bonds is 8. The Bertz CT molecular complexity index is 571. The SMILES string of the molecule is CCCC(=O)C(F)(F)/C=C/C[C@@H]1[C@H]2CC(=O)O[C@H]2C[C@H]1OC1CCCCO1. The maximum absolute atomic E-state index is 13.9. The van der Waals surface area contributed by atoms with E-state index in [1.807, 2.05) is 0 Å². The second-order valence-corrected chi connectivity index (χ2v) is 7.70. The van der Waals surface area contributed by atoms with E-state index in [2.05, 4.69) is 0 Å². The van der Waals surface area contributed by atoms with Crippen molar-refractivity contribution >= 4 is 11.8 Å². The first-order valence-electron chi connectivity index (χ1n) is 9.96. The topological polar surface area (TPSA) is 61.8 Å². The number of carbonyl (C=O) groups is 2. The van der Waals surface area contributed by atoms with E-state index in [-0.39, 0.29) is 42.7 Å². The van der Waals surface area contributed by atoms with Crippen molar-refractivity contribution < 1.29 is 32.6 Å². The van der Waals surface area contributed by atoms with Crippen molar-refractivity contribution in [3.05, 3.63) is 12.2 Å². The maximum Gasteiger partial charge on any atom is 0.323 e. The quantitative estimate of drug-likeness (QED) is 0.469. The summed E-state index contributed by atoms with van der Waals surface area (Å²) in [6, 6.07) is 0. The molecule has 5 nitrogen and oxygen atoms in total. The van der Waals surface area contributed by atoms with Crippen molar-refractivity contribution in [3.63, 3.8) is 0 Å². The van der Waals surface area contributed by atoms with Gasteiger partial charge in [0.15, 0.2) is 6.29 Å². The number of allylic oxidation sites excluding steroid dienone is 2. The van der Waals surface area contributed by atoms with Crippen molar-refractivity contribution in [2.75, 3.05) is 6.61 Å². The van der Waals surface area contributed by atoms with Crippen LogP contribution in [0.2, 0.25) is 0 Å². The fourth-order valence-corrected chi connectivity index (χ4v) is 4.31. The predicted molar refractivity (Wildman–Crippen MR) is 93.2 cm³/mol. The minimum Gasteiger partial charge on any atom is -0.462 e. The lowest BCUT2D eigenvalue weighted by Crippen LogP contribution is -2.31. The van der Waals surface area contributed by atoms with E-state index in [0.717, 1.165) is 19.3 Å². The molecule has 3 fully saturated rings. The number of fused-ring (bicyclic) bond motifs is 1. The van der Waals surface area contributed by atoms with Gasteiger partial charge in [-0.2, -0.15) is 8.78 Å². The van der Waals surface area contributed by atoms with Crippen molar-refractivity contribution in [2.45, 2.75) is 82.7 Å². The van der Waals surface area contributed by atoms with Crippen LogP contribution in [-0.4, -0.2) is 42.8 Å². The van der Waals surface area contributed by atoms with Gasteiger partial charge in [0, 0.05) is 25.4 Å². The largest absolute Gasteiger partial charge is 0.462 e. The molecule has 0 spiro atoms. The summed E-state index contributed by atoms with van der Waals surface area (Å²) in [7, 11) is 0. The first-order valence-corrected chi connectivity index (χ1v) is 9.96. The molecular formula is C20H28F2O5. The molecule has 5 atom stereocenters. The monoisotopic (exact) mass is 386 g/mol. The summed E-state index contributed by atoms with van der Waals surface area (Å²) < 4.78 is 44.9. The first kappa shape index (κ1) is 20.4. The third-order valence-electron chi connectivity index (χ3n) is 5.70. The second kappa shape index (κ2) is 8.78. The third-order valence-corrected chi connectivity index (χ3v) is 5.70. The average molecular weight is 386 g/mol. The molecule has 2 aliphatic heterocycles. The van der Waals surface area contributed by atoms with Crippen LogP contribution in [0.3, 0.4) is 0 Å². The highest BCUT2D eigenvalue weighted by Gasteiger charge is 2.50. The molecule has 0 N–H and O–H groups in total. The second-order valence-electron chi connectivity index (χ2n) is 7.70. The Morgan fingerprint density at radius 2 is 2.19 bits per heavy atom. The average Bonchev–Trinajstić information content (AvgIpc) is 3.12. The number of carbonyl (C=O) groups excluding carboxylic acids is 2. The van der Waals surface area contributed by atoms with Crippen LogP contribution in [0.1, 0.15) is 58.3 Å². The van der Waals surface area contributed by atoms with Gasteiger partial charge in [-0.25, -0.2) is 0 Å². The molecule has 0 aromatic heterocycles. The highest BCUT2D eigenvalue weighted by atomic mass is 19.3. The lowest BCUT2D eigenvalue weighted by molar-refractivity contribution is -0.196. The molecule has 0 aromatic carbocycles. The number of ether oxygens (including phenoxy) is 3. The molecule has 0 amide bonds.